The summed E-state index contributed by atoms with van der Waals surface area (Å²) >= 11 is 0. The quantitative estimate of drug-likeness (QED) is 0.438. The van der Waals surface area contributed by atoms with Gasteiger partial charge in [0.1, 0.15) is 0 Å². The maximum absolute atomic E-state index is 12.6. The molecule has 29 heavy (non-hydrogen) atoms. The van der Waals surface area contributed by atoms with Crippen LogP contribution >= 0.6 is 0 Å². The molecule has 0 spiro atoms. The Morgan fingerprint density at radius 1 is 0.862 bits per heavy atom. The van der Waals surface area contributed by atoms with E-state index in [9.17, 15) is 9.59 Å². The van der Waals surface area contributed by atoms with Crippen molar-refractivity contribution in [3.63, 3.8) is 0 Å². The number of ether oxygens (including phenoxy) is 1. The Labute approximate surface area is 179 Å². The molecule has 0 atom stereocenters. The third kappa shape index (κ3) is 11.6. The molecule has 0 radical (unpaired) electrons. The van der Waals surface area contributed by atoms with Crippen molar-refractivity contribution in [1.82, 2.24) is 14.7 Å². The van der Waals surface area contributed by atoms with Crippen molar-refractivity contribution >= 4 is 11.8 Å². The summed E-state index contributed by atoms with van der Waals surface area (Å²) in [6.45, 7) is 21.2. The maximum Gasteiger partial charge on any atom is 0.225 e. The number of amides is 2. The van der Waals surface area contributed by atoms with E-state index < -0.39 is 0 Å². The zero-order valence-corrected chi connectivity index (χ0v) is 20.8. The van der Waals surface area contributed by atoms with Crippen molar-refractivity contribution in [3.8, 4) is 0 Å². The first-order valence-electron chi connectivity index (χ1n) is 11.0. The fraction of sp³-hybridized carbons (Fsp3) is 0.913. The first-order chi connectivity index (χ1) is 13.2. The zero-order valence-electron chi connectivity index (χ0n) is 20.8. The third-order valence-electron chi connectivity index (χ3n) is 4.88. The molecule has 6 nitrogen and oxygen atoms in total. The van der Waals surface area contributed by atoms with E-state index in [2.05, 4.69) is 32.6 Å². The first-order valence-corrected chi connectivity index (χ1v) is 11.0. The molecule has 0 aromatic heterocycles. The van der Waals surface area contributed by atoms with Crippen LogP contribution in [0.4, 0.5) is 0 Å². The molecule has 172 valence electrons. The van der Waals surface area contributed by atoms with Crippen molar-refractivity contribution in [3.05, 3.63) is 0 Å². The molecule has 0 saturated carbocycles. The number of likely N-dealkylation sites (N-methyl/N-ethyl adjacent to an activating group) is 1. The van der Waals surface area contributed by atoms with Crippen LogP contribution in [0.1, 0.15) is 61.8 Å². The van der Waals surface area contributed by atoms with E-state index in [4.69, 9.17) is 4.74 Å². The lowest BCUT2D eigenvalue weighted by molar-refractivity contribution is -0.136. The minimum atomic E-state index is -0.142. The number of carbonyl (C=O) groups excluding carboxylic acids is 2. The minimum Gasteiger partial charge on any atom is -0.380 e. The van der Waals surface area contributed by atoms with E-state index in [-0.39, 0.29) is 28.6 Å². The van der Waals surface area contributed by atoms with E-state index >= 15 is 0 Å². The van der Waals surface area contributed by atoms with E-state index in [0.717, 1.165) is 19.6 Å². The standard InChI is InChI=1S/C23H47N3O3/c1-11-20(27)25(12-2)15-22(5,6)17-29-18-23(7,8)16-26(14-13-24(9)10)21(28)19(3)4/h19H,11-18H2,1-10H3. The summed E-state index contributed by atoms with van der Waals surface area (Å²) in [5, 5.41) is 0. The van der Waals surface area contributed by atoms with Gasteiger partial charge < -0.3 is 19.4 Å². The van der Waals surface area contributed by atoms with Gasteiger partial charge in [0.05, 0.1) is 13.2 Å². The molecule has 0 N–H and O–H groups in total. The van der Waals surface area contributed by atoms with Gasteiger partial charge in [0.15, 0.2) is 0 Å². The summed E-state index contributed by atoms with van der Waals surface area (Å²) < 4.78 is 6.10. The SMILES string of the molecule is CCC(=O)N(CC)CC(C)(C)COCC(C)(C)CN(CCN(C)C)C(=O)C(C)C. The molecule has 0 aliphatic heterocycles. The number of hydrogen-bond donors (Lipinski definition) is 0. The average molecular weight is 414 g/mol. The predicted molar refractivity (Wildman–Crippen MR) is 121 cm³/mol. The topological polar surface area (TPSA) is 53.1 Å². The van der Waals surface area contributed by atoms with Gasteiger partial charge in [-0.1, -0.05) is 48.5 Å². The second kappa shape index (κ2) is 12.5. The molecule has 6 heteroatoms. The van der Waals surface area contributed by atoms with Crippen LogP contribution in [-0.2, 0) is 14.3 Å². The Bertz CT molecular complexity index is 502. The molecule has 0 bridgehead atoms. The Balaban J connectivity index is 4.81. The van der Waals surface area contributed by atoms with Crippen LogP contribution < -0.4 is 0 Å². The van der Waals surface area contributed by atoms with Crippen LogP contribution in [0.2, 0.25) is 0 Å². The van der Waals surface area contributed by atoms with Crippen LogP contribution in [0.15, 0.2) is 0 Å². The molecule has 2 amide bonds. The number of carbonyl (C=O) groups is 2. The van der Waals surface area contributed by atoms with E-state index in [1.807, 2.05) is 51.6 Å². The zero-order chi connectivity index (χ0) is 22.8. The molecule has 0 unspecified atom stereocenters. The van der Waals surface area contributed by atoms with Gasteiger partial charge in [0, 0.05) is 55.9 Å². The molecule has 0 saturated heterocycles. The second-order valence-corrected chi connectivity index (χ2v) is 10.3. The highest BCUT2D eigenvalue weighted by Gasteiger charge is 2.29. The van der Waals surface area contributed by atoms with E-state index in [1.165, 1.54) is 0 Å². The van der Waals surface area contributed by atoms with Gasteiger partial charge >= 0.3 is 0 Å². The first kappa shape index (κ1) is 27.9. The van der Waals surface area contributed by atoms with Crippen LogP contribution in [0.5, 0.6) is 0 Å². The van der Waals surface area contributed by atoms with Crippen LogP contribution in [-0.4, -0.2) is 86.5 Å². The molecule has 0 heterocycles. The lowest BCUT2D eigenvalue weighted by Crippen LogP contribution is -2.46. The monoisotopic (exact) mass is 413 g/mol. The second-order valence-electron chi connectivity index (χ2n) is 10.3. The highest BCUT2D eigenvalue weighted by molar-refractivity contribution is 5.78. The van der Waals surface area contributed by atoms with Gasteiger partial charge in [-0.25, -0.2) is 0 Å². The van der Waals surface area contributed by atoms with Gasteiger partial charge in [-0.3, -0.25) is 9.59 Å². The number of nitrogens with zero attached hydrogens (tertiary/aromatic N) is 3. The van der Waals surface area contributed by atoms with Crippen molar-refractivity contribution in [2.45, 2.75) is 61.8 Å². The normalized spacial score (nSPS) is 12.6. The summed E-state index contributed by atoms with van der Waals surface area (Å²) in [4.78, 5) is 30.7. The Morgan fingerprint density at radius 2 is 1.34 bits per heavy atom. The van der Waals surface area contributed by atoms with E-state index in [1.54, 1.807) is 0 Å². The predicted octanol–water partition coefficient (Wildman–Crippen LogP) is 3.36. The fourth-order valence-electron chi connectivity index (χ4n) is 3.28. The molecular weight excluding hydrogens is 366 g/mol. The van der Waals surface area contributed by atoms with Gasteiger partial charge in [-0.2, -0.15) is 0 Å². The summed E-state index contributed by atoms with van der Waals surface area (Å²) in [6.07, 6.45) is 0.532. The van der Waals surface area contributed by atoms with Crippen LogP contribution in [0.25, 0.3) is 0 Å². The van der Waals surface area contributed by atoms with Crippen LogP contribution in [0, 0.1) is 16.7 Å². The largest absolute Gasteiger partial charge is 0.380 e. The average Bonchev–Trinajstić information content (AvgIpc) is 2.61. The van der Waals surface area contributed by atoms with Gasteiger partial charge in [-0.05, 0) is 21.0 Å². The van der Waals surface area contributed by atoms with Gasteiger partial charge in [0.25, 0.3) is 0 Å². The highest BCUT2D eigenvalue weighted by atomic mass is 16.5. The summed E-state index contributed by atoms with van der Waals surface area (Å²) in [7, 11) is 4.05. The third-order valence-corrected chi connectivity index (χ3v) is 4.88. The summed E-state index contributed by atoms with van der Waals surface area (Å²) in [5.74, 6) is 0.366. The van der Waals surface area contributed by atoms with Gasteiger partial charge in [-0.15, -0.1) is 0 Å². The number of rotatable bonds is 14. The Kier molecular flexibility index (Phi) is 12.0. The van der Waals surface area contributed by atoms with Crippen molar-refractivity contribution in [2.75, 3.05) is 60.0 Å². The van der Waals surface area contributed by atoms with Crippen molar-refractivity contribution in [2.24, 2.45) is 16.7 Å². The van der Waals surface area contributed by atoms with E-state index in [0.29, 0.717) is 32.7 Å². The highest BCUT2D eigenvalue weighted by Crippen LogP contribution is 2.23. The van der Waals surface area contributed by atoms with Gasteiger partial charge in [0.2, 0.25) is 11.8 Å². The molecular formula is C23H47N3O3. The minimum absolute atomic E-state index is 0.0102. The molecule has 0 aliphatic rings. The van der Waals surface area contributed by atoms with Crippen LogP contribution in [0.3, 0.4) is 0 Å². The summed E-state index contributed by atoms with van der Waals surface area (Å²) in [5.41, 5.74) is -0.258. The molecule has 0 aromatic carbocycles. The van der Waals surface area contributed by atoms with Crippen molar-refractivity contribution < 1.29 is 14.3 Å². The summed E-state index contributed by atoms with van der Waals surface area (Å²) in [6, 6.07) is 0. The Morgan fingerprint density at radius 3 is 1.72 bits per heavy atom. The molecule has 0 fully saturated rings. The Hall–Kier alpha value is -1.14. The maximum atomic E-state index is 12.6. The molecule has 0 aromatic rings. The number of hydrogen-bond acceptors (Lipinski definition) is 4. The molecule has 0 rings (SSSR count). The van der Waals surface area contributed by atoms with Crippen molar-refractivity contribution in [1.29, 1.82) is 0 Å². The lowest BCUT2D eigenvalue weighted by atomic mass is 9.91. The lowest BCUT2D eigenvalue weighted by Gasteiger charge is -2.36. The smallest absolute Gasteiger partial charge is 0.225 e. The fourth-order valence-corrected chi connectivity index (χ4v) is 3.28. The molecule has 0 aliphatic carbocycles.